The van der Waals surface area contributed by atoms with Gasteiger partial charge in [0, 0.05) is 24.0 Å². The van der Waals surface area contributed by atoms with Crippen LogP contribution in [0.15, 0.2) is 18.3 Å². The third-order valence-electron chi connectivity index (χ3n) is 4.22. The van der Waals surface area contributed by atoms with Crippen molar-refractivity contribution < 1.29 is 9.53 Å². The number of nitrogens with zero attached hydrogens (tertiary/aromatic N) is 3. The normalized spacial score (nSPS) is 12.2. The van der Waals surface area contributed by atoms with Crippen molar-refractivity contribution in [1.29, 1.82) is 0 Å². The highest BCUT2D eigenvalue weighted by atomic mass is 16.5. The van der Waals surface area contributed by atoms with Gasteiger partial charge in [0.2, 0.25) is 0 Å². The molecule has 6 nitrogen and oxygen atoms in total. The van der Waals surface area contributed by atoms with Crippen LogP contribution in [-0.2, 0) is 18.2 Å². The van der Waals surface area contributed by atoms with Crippen LogP contribution < -0.4 is 5.73 Å². The molecule has 0 aliphatic rings. The van der Waals surface area contributed by atoms with Crippen molar-refractivity contribution in [3.8, 4) is 11.3 Å². The van der Waals surface area contributed by atoms with Crippen LogP contribution in [-0.4, -0.2) is 34.4 Å². The van der Waals surface area contributed by atoms with Crippen molar-refractivity contribution in [2.45, 2.75) is 33.1 Å². The molecule has 2 rings (SSSR count). The van der Waals surface area contributed by atoms with Gasteiger partial charge in [-0.05, 0) is 50.8 Å². The van der Waals surface area contributed by atoms with Gasteiger partial charge in [0.25, 0.3) is 0 Å². The summed E-state index contributed by atoms with van der Waals surface area (Å²) < 4.78 is 6.70. The van der Waals surface area contributed by atoms with E-state index in [1.54, 1.807) is 12.1 Å². The number of carbonyl (C=O) groups is 1. The third-order valence-corrected chi connectivity index (χ3v) is 4.22. The molecule has 2 aromatic rings. The Hall–Kier alpha value is -2.21. The molecule has 0 saturated carbocycles. The third kappa shape index (κ3) is 4.20. The van der Waals surface area contributed by atoms with E-state index >= 15 is 0 Å². The average molecular weight is 330 g/mol. The Morgan fingerprint density at radius 1 is 1.42 bits per heavy atom. The molecule has 0 bridgehead atoms. The molecule has 1 atom stereocenters. The second-order valence-corrected chi connectivity index (χ2v) is 6.24. The first-order valence-corrected chi connectivity index (χ1v) is 8.24. The van der Waals surface area contributed by atoms with Gasteiger partial charge in [-0.15, -0.1) is 0 Å². The highest BCUT2D eigenvalue weighted by Crippen LogP contribution is 2.25. The SMILES string of the molecule is COC(=O)c1cc(C)nc(-c2cnn(C)c2CCC[C@@H](C)CN)c1. The minimum absolute atomic E-state index is 0.357. The lowest BCUT2D eigenvalue weighted by Crippen LogP contribution is -2.11. The zero-order chi connectivity index (χ0) is 17.7. The van der Waals surface area contributed by atoms with Crippen LogP contribution in [0.25, 0.3) is 11.3 Å². The molecule has 0 unspecified atom stereocenters. The van der Waals surface area contributed by atoms with E-state index in [0.29, 0.717) is 18.0 Å². The van der Waals surface area contributed by atoms with Crippen molar-refractivity contribution >= 4 is 5.97 Å². The van der Waals surface area contributed by atoms with Gasteiger partial charge in [-0.3, -0.25) is 9.67 Å². The van der Waals surface area contributed by atoms with Gasteiger partial charge in [0.1, 0.15) is 0 Å². The number of ether oxygens (including phenoxy) is 1. The molecule has 2 heterocycles. The fourth-order valence-corrected chi connectivity index (χ4v) is 2.75. The number of rotatable bonds is 7. The molecule has 0 aromatic carbocycles. The summed E-state index contributed by atoms with van der Waals surface area (Å²) in [6, 6.07) is 3.50. The number of aryl methyl sites for hydroxylation is 2. The maximum absolute atomic E-state index is 11.8. The first-order chi connectivity index (χ1) is 11.5. The van der Waals surface area contributed by atoms with Crippen LogP contribution >= 0.6 is 0 Å². The fraction of sp³-hybridized carbons (Fsp3) is 0.500. The zero-order valence-corrected chi connectivity index (χ0v) is 14.9. The summed E-state index contributed by atoms with van der Waals surface area (Å²) in [6.07, 6.45) is 4.83. The van der Waals surface area contributed by atoms with Crippen LogP contribution in [0.3, 0.4) is 0 Å². The Morgan fingerprint density at radius 3 is 2.83 bits per heavy atom. The van der Waals surface area contributed by atoms with Crippen LogP contribution in [0.1, 0.15) is 41.5 Å². The second-order valence-electron chi connectivity index (χ2n) is 6.24. The first-order valence-electron chi connectivity index (χ1n) is 8.24. The van der Waals surface area contributed by atoms with Crippen LogP contribution in [0.5, 0.6) is 0 Å². The maximum atomic E-state index is 11.8. The van der Waals surface area contributed by atoms with Crippen LogP contribution in [0.2, 0.25) is 0 Å². The minimum atomic E-state index is -0.357. The van der Waals surface area contributed by atoms with Crippen molar-refractivity contribution in [2.24, 2.45) is 18.7 Å². The van der Waals surface area contributed by atoms with Gasteiger partial charge in [0.05, 0.1) is 24.6 Å². The molecular formula is C18H26N4O2. The minimum Gasteiger partial charge on any atom is -0.465 e. The van der Waals surface area contributed by atoms with Gasteiger partial charge in [-0.2, -0.15) is 5.10 Å². The Kier molecular flexibility index (Phi) is 6.09. The molecule has 0 radical (unpaired) electrons. The zero-order valence-electron chi connectivity index (χ0n) is 14.9. The van der Waals surface area contributed by atoms with Crippen LogP contribution in [0.4, 0.5) is 0 Å². The number of hydrogen-bond donors (Lipinski definition) is 1. The van der Waals surface area contributed by atoms with E-state index in [1.807, 2.05) is 24.9 Å². The molecule has 24 heavy (non-hydrogen) atoms. The summed E-state index contributed by atoms with van der Waals surface area (Å²) in [5.41, 5.74) is 9.81. The summed E-state index contributed by atoms with van der Waals surface area (Å²) in [5, 5.41) is 4.37. The Morgan fingerprint density at radius 2 is 2.17 bits per heavy atom. The van der Waals surface area contributed by atoms with Crippen LogP contribution in [0, 0.1) is 12.8 Å². The molecule has 0 aliphatic carbocycles. The molecule has 0 amide bonds. The monoisotopic (exact) mass is 330 g/mol. The molecule has 0 spiro atoms. The Bertz CT molecular complexity index is 709. The summed E-state index contributed by atoms with van der Waals surface area (Å²) in [4.78, 5) is 16.4. The number of nitrogens with two attached hydrogens (primary N) is 1. The van der Waals surface area contributed by atoms with E-state index in [4.69, 9.17) is 10.5 Å². The van der Waals surface area contributed by atoms with Crippen molar-refractivity contribution in [2.75, 3.05) is 13.7 Å². The van der Waals surface area contributed by atoms with Gasteiger partial charge in [-0.25, -0.2) is 4.79 Å². The lowest BCUT2D eigenvalue weighted by molar-refractivity contribution is 0.0600. The number of hydrogen-bond acceptors (Lipinski definition) is 5. The quantitative estimate of drug-likeness (QED) is 0.789. The predicted octanol–water partition coefficient (Wildman–Crippen LogP) is 2.49. The lowest BCUT2D eigenvalue weighted by atomic mass is 10.0. The van der Waals surface area contributed by atoms with E-state index in [-0.39, 0.29) is 5.97 Å². The van der Waals surface area contributed by atoms with E-state index in [0.717, 1.165) is 41.9 Å². The molecule has 0 fully saturated rings. The number of esters is 1. The summed E-state index contributed by atoms with van der Waals surface area (Å²) in [5.74, 6) is 0.161. The summed E-state index contributed by atoms with van der Waals surface area (Å²) in [6.45, 7) is 4.74. The molecule has 6 heteroatoms. The molecule has 130 valence electrons. The fourth-order valence-electron chi connectivity index (χ4n) is 2.75. The lowest BCUT2D eigenvalue weighted by Gasteiger charge is -2.10. The maximum Gasteiger partial charge on any atom is 0.337 e. The van der Waals surface area contributed by atoms with Crippen molar-refractivity contribution in [3.05, 3.63) is 35.3 Å². The van der Waals surface area contributed by atoms with Gasteiger partial charge in [-0.1, -0.05) is 6.92 Å². The van der Waals surface area contributed by atoms with Gasteiger partial charge in [0.15, 0.2) is 0 Å². The largest absolute Gasteiger partial charge is 0.465 e. The smallest absolute Gasteiger partial charge is 0.337 e. The predicted molar refractivity (Wildman–Crippen MR) is 93.7 cm³/mol. The molecule has 2 N–H and O–H groups in total. The highest BCUT2D eigenvalue weighted by Gasteiger charge is 2.15. The van der Waals surface area contributed by atoms with Gasteiger partial charge < -0.3 is 10.5 Å². The highest BCUT2D eigenvalue weighted by molar-refractivity contribution is 5.90. The van der Waals surface area contributed by atoms with E-state index in [1.165, 1.54) is 7.11 Å². The number of pyridine rings is 1. The molecule has 0 aliphatic heterocycles. The Labute approximate surface area is 143 Å². The van der Waals surface area contributed by atoms with E-state index in [9.17, 15) is 4.79 Å². The van der Waals surface area contributed by atoms with Gasteiger partial charge >= 0.3 is 5.97 Å². The first kappa shape index (κ1) is 18.1. The topological polar surface area (TPSA) is 83.0 Å². The molecule has 2 aromatic heterocycles. The van der Waals surface area contributed by atoms with E-state index < -0.39 is 0 Å². The number of methoxy groups -OCH3 is 1. The average Bonchev–Trinajstić information content (AvgIpc) is 2.94. The number of aromatic nitrogens is 3. The second kappa shape index (κ2) is 8.06. The molecule has 0 saturated heterocycles. The summed E-state index contributed by atoms with van der Waals surface area (Å²) in [7, 11) is 3.31. The molecular weight excluding hydrogens is 304 g/mol. The van der Waals surface area contributed by atoms with E-state index in [2.05, 4.69) is 17.0 Å². The standard InChI is InChI=1S/C18H26N4O2/c1-12(10-19)6-5-7-17-15(11-20-22(17)3)16-9-14(18(23)24-4)8-13(2)21-16/h8-9,11-12H,5-7,10,19H2,1-4H3/t12-/m1/s1. The van der Waals surface area contributed by atoms with Crippen molar-refractivity contribution in [1.82, 2.24) is 14.8 Å². The summed E-state index contributed by atoms with van der Waals surface area (Å²) >= 11 is 0. The Balaban J connectivity index is 2.29. The number of carbonyl (C=O) groups excluding carboxylic acids is 1. The van der Waals surface area contributed by atoms with Crippen molar-refractivity contribution in [3.63, 3.8) is 0 Å².